The summed E-state index contributed by atoms with van der Waals surface area (Å²) in [6, 6.07) is 25.3. The average Bonchev–Trinajstić information content (AvgIpc) is 2.82. The summed E-state index contributed by atoms with van der Waals surface area (Å²) in [5.74, 6) is 0.749. The molecule has 3 aromatic rings. The van der Waals surface area contributed by atoms with E-state index < -0.39 is 0 Å². The van der Waals surface area contributed by atoms with E-state index in [0.29, 0.717) is 35.7 Å². The number of amides is 1. The van der Waals surface area contributed by atoms with Gasteiger partial charge in [-0.3, -0.25) is 4.79 Å². The molecule has 0 spiro atoms. The molecule has 164 valence electrons. The van der Waals surface area contributed by atoms with Gasteiger partial charge in [-0.2, -0.15) is 5.26 Å². The number of halogens is 1. The lowest BCUT2D eigenvalue weighted by molar-refractivity contribution is -0.116. The van der Waals surface area contributed by atoms with Gasteiger partial charge in [0.15, 0.2) is 0 Å². The standard InChI is InChI=1S/C27H27ClN2O2/c28-26-16-13-24(19-23(26)20-29)30-27(31)17-12-22-10-14-25(15-11-22)32-18-6-2-5-9-21-7-3-1-4-8-21/h1,3-4,7-8,10-11,13-16,19H,2,5-6,9,12,17-18H2,(H,30,31). The van der Waals surface area contributed by atoms with Crippen LogP contribution in [0.15, 0.2) is 72.8 Å². The molecule has 0 aromatic heterocycles. The molecule has 0 radical (unpaired) electrons. The van der Waals surface area contributed by atoms with Crippen LogP contribution in [0.25, 0.3) is 0 Å². The van der Waals surface area contributed by atoms with Crippen LogP contribution < -0.4 is 10.1 Å². The number of anilines is 1. The van der Waals surface area contributed by atoms with E-state index in [-0.39, 0.29) is 5.91 Å². The Bertz CT molecular complexity index is 1040. The second kappa shape index (κ2) is 12.5. The number of benzene rings is 3. The Morgan fingerprint density at radius 3 is 2.41 bits per heavy atom. The molecule has 0 fully saturated rings. The largest absolute Gasteiger partial charge is 0.494 e. The van der Waals surface area contributed by atoms with E-state index in [9.17, 15) is 4.79 Å². The van der Waals surface area contributed by atoms with Crippen LogP contribution in [0.1, 0.15) is 42.4 Å². The topological polar surface area (TPSA) is 62.1 Å². The van der Waals surface area contributed by atoms with Crippen molar-refractivity contribution in [2.24, 2.45) is 0 Å². The number of hydrogen-bond donors (Lipinski definition) is 1. The minimum absolute atomic E-state index is 0.105. The van der Waals surface area contributed by atoms with Crippen LogP contribution in [0.5, 0.6) is 5.75 Å². The minimum Gasteiger partial charge on any atom is -0.494 e. The zero-order valence-electron chi connectivity index (χ0n) is 18.0. The maximum Gasteiger partial charge on any atom is 0.224 e. The summed E-state index contributed by atoms with van der Waals surface area (Å²) in [5.41, 5.74) is 3.38. The van der Waals surface area contributed by atoms with E-state index in [2.05, 4.69) is 29.6 Å². The fourth-order valence-corrected chi connectivity index (χ4v) is 3.52. The summed E-state index contributed by atoms with van der Waals surface area (Å²) in [6.45, 7) is 0.711. The number of rotatable bonds is 11. The average molecular weight is 447 g/mol. The number of nitrogens with zero attached hydrogens (tertiary/aromatic N) is 1. The number of nitriles is 1. The van der Waals surface area contributed by atoms with Gasteiger partial charge in [0.1, 0.15) is 11.8 Å². The normalized spacial score (nSPS) is 10.4. The monoisotopic (exact) mass is 446 g/mol. The molecule has 0 saturated heterocycles. The Balaban J connectivity index is 1.33. The van der Waals surface area contributed by atoms with E-state index in [1.54, 1.807) is 18.2 Å². The zero-order valence-corrected chi connectivity index (χ0v) is 18.8. The summed E-state index contributed by atoms with van der Waals surface area (Å²) in [7, 11) is 0. The van der Waals surface area contributed by atoms with Crippen molar-refractivity contribution in [3.05, 3.63) is 94.5 Å². The highest BCUT2D eigenvalue weighted by molar-refractivity contribution is 6.31. The molecule has 1 N–H and O–H groups in total. The van der Waals surface area contributed by atoms with Gasteiger partial charge in [-0.25, -0.2) is 0 Å². The molecule has 0 atom stereocenters. The number of hydrogen-bond acceptors (Lipinski definition) is 3. The Hall–Kier alpha value is -3.29. The molecule has 1 amide bonds. The molecular weight excluding hydrogens is 420 g/mol. The lowest BCUT2D eigenvalue weighted by Crippen LogP contribution is -2.12. The summed E-state index contributed by atoms with van der Waals surface area (Å²) in [5, 5.41) is 12.2. The Morgan fingerprint density at radius 2 is 1.66 bits per heavy atom. The molecule has 0 aliphatic carbocycles. The molecule has 0 bridgehead atoms. The molecule has 0 unspecified atom stereocenters. The van der Waals surface area contributed by atoms with Crippen LogP contribution in [-0.4, -0.2) is 12.5 Å². The fourth-order valence-electron chi connectivity index (χ4n) is 3.37. The molecule has 0 saturated carbocycles. The smallest absolute Gasteiger partial charge is 0.224 e. The third-order valence-electron chi connectivity index (χ3n) is 5.16. The lowest BCUT2D eigenvalue weighted by atomic mass is 10.1. The van der Waals surface area contributed by atoms with Crippen molar-refractivity contribution in [3.63, 3.8) is 0 Å². The van der Waals surface area contributed by atoms with Crippen LogP contribution in [0.4, 0.5) is 5.69 Å². The van der Waals surface area contributed by atoms with Gasteiger partial charge in [-0.05, 0) is 73.6 Å². The molecule has 0 heterocycles. The highest BCUT2D eigenvalue weighted by Crippen LogP contribution is 2.20. The highest BCUT2D eigenvalue weighted by Gasteiger charge is 2.06. The first-order valence-corrected chi connectivity index (χ1v) is 11.3. The maximum absolute atomic E-state index is 12.2. The molecular formula is C27H27ClN2O2. The fraction of sp³-hybridized carbons (Fsp3) is 0.259. The Kier molecular flexibility index (Phi) is 9.16. The van der Waals surface area contributed by atoms with E-state index in [1.165, 1.54) is 12.0 Å². The van der Waals surface area contributed by atoms with Crippen LogP contribution in [0.3, 0.4) is 0 Å². The third kappa shape index (κ3) is 7.76. The third-order valence-corrected chi connectivity index (χ3v) is 5.49. The predicted octanol–water partition coefficient (Wildman–Crippen LogP) is 6.57. The van der Waals surface area contributed by atoms with Crippen LogP contribution in [-0.2, 0) is 17.6 Å². The van der Waals surface area contributed by atoms with Crippen molar-refractivity contribution in [1.82, 2.24) is 0 Å². The van der Waals surface area contributed by atoms with Gasteiger partial charge in [0.25, 0.3) is 0 Å². The van der Waals surface area contributed by atoms with Crippen LogP contribution in [0.2, 0.25) is 5.02 Å². The van der Waals surface area contributed by atoms with E-state index in [0.717, 1.165) is 30.6 Å². The molecule has 0 aliphatic rings. The maximum atomic E-state index is 12.2. The van der Waals surface area contributed by atoms with E-state index in [1.807, 2.05) is 36.4 Å². The first kappa shape index (κ1) is 23.4. The molecule has 32 heavy (non-hydrogen) atoms. The quantitative estimate of drug-likeness (QED) is 0.338. The van der Waals surface area contributed by atoms with Crippen LogP contribution >= 0.6 is 11.6 Å². The zero-order chi connectivity index (χ0) is 22.6. The number of unbranched alkanes of at least 4 members (excludes halogenated alkanes) is 2. The van der Waals surface area contributed by atoms with E-state index >= 15 is 0 Å². The van der Waals surface area contributed by atoms with Gasteiger partial charge in [0.2, 0.25) is 5.91 Å². The van der Waals surface area contributed by atoms with Gasteiger partial charge in [0, 0.05) is 12.1 Å². The van der Waals surface area contributed by atoms with Crippen molar-refractivity contribution in [1.29, 1.82) is 5.26 Å². The van der Waals surface area contributed by atoms with Crippen molar-refractivity contribution < 1.29 is 9.53 Å². The Morgan fingerprint density at radius 1 is 0.906 bits per heavy atom. The SMILES string of the molecule is N#Cc1cc(NC(=O)CCc2ccc(OCCCCCc3ccccc3)cc2)ccc1Cl. The molecule has 5 heteroatoms. The summed E-state index contributed by atoms with van der Waals surface area (Å²) < 4.78 is 5.83. The van der Waals surface area contributed by atoms with Crippen LogP contribution in [0, 0.1) is 11.3 Å². The summed E-state index contributed by atoms with van der Waals surface area (Å²) in [4.78, 5) is 12.2. The highest BCUT2D eigenvalue weighted by atomic mass is 35.5. The molecule has 4 nitrogen and oxygen atoms in total. The number of aryl methyl sites for hydroxylation is 2. The first-order chi connectivity index (χ1) is 15.6. The minimum atomic E-state index is -0.105. The lowest BCUT2D eigenvalue weighted by Gasteiger charge is -2.08. The summed E-state index contributed by atoms with van der Waals surface area (Å²) >= 11 is 5.92. The number of nitrogens with one attached hydrogen (secondary N) is 1. The number of carbonyl (C=O) groups is 1. The van der Waals surface area contributed by atoms with Crippen molar-refractivity contribution in [2.75, 3.05) is 11.9 Å². The van der Waals surface area contributed by atoms with Crippen molar-refractivity contribution in [3.8, 4) is 11.8 Å². The van der Waals surface area contributed by atoms with Gasteiger partial charge in [-0.15, -0.1) is 0 Å². The van der Waals surface area contributed by atoms with Crippen molar-refractivity contribution in [2.45, 2.75) is 38.5 Å². The molecule has 3 aromatic carbocycles. The Labute approximate surface area is 194 Å². The van der Waals surface area contributed by atoms with Gasteiger partial charge >= 0.3 is 0 Å². The number of carbonyl (C=O) groups excluding carboxylic acids is 1. The molecule has 3 rings (SSSR count). The molecule has 0 aliphatic heterocycles. The first-order valence-electron chi connectivity index (χ1n) is 10.9. The van der Waals surface area contributed by atoms with Gasteiger partial charge in [0.05, 0.1) is 17.2 Å². The second-order valence-corrected chi connectivity index (χ2v) is 8.05. The van der Waals surface area contributed by atoms with E-state index in [4.69, 9.17) is 21.6 Å². The van der Waals surface area contributed by atoms with Gasteiger partial charge in [-0.1, -0.05) is 54.1 Å². The van der Waals surface area contributed by atoms with Gasteiger partial charge < -0.3 is 10.1 Å². The summed E-state index contributed by atoms with van der Waals surface area (Å²) in [6.07, 6.45) is 5.44. The second-order valence-electron chi connectivity index (χ2n) is 7.64. The number of ether oxygens (including phenoxy) is 1. The van der Waals surface area contributed by atoms with Crippen molar-refractivity contribution >= 4 is 23.2 Å². The predicted molar refractivity (Wildman–Crippen MR) is 129 cm³/mol.